The summed E-state index contributed by atoms with van der Waals surface area (Å²) in [5, 5.41) is 10.8. The zero-order chi connectivity index (χ0) is 14.3. The summed E-state index contributed by atoms with van der Waals surface area (Å²) in [6.07, 6.45) is 0.668. The van der Waals surface area contributed by atoms with Crippen LogP contribution in [0.25, 0.3) is 0 Å². The van der Waals surface area contributed by atoms with Crippen molar-refractivity contribution >= 4 is 0 Å². The second-order valence-electron chi connectivity index (χ2n) is 6.43. The van der Waals surface area contributed by atoms with E-state index in [0.29, 0.717) is 26.1 Å². The molecule has 0 aliphatic carbocycles. The predicted octanol–water partition coefficient (Wildman–Crippen LogP) is 1.82. The Morgan fingerprint density at radius 1 is 1.05 bits per heavy atom. The first-order valence-corrected chi connectivity index (χ1v) is 7.02. The maximum Gasteiger partial charge on any atom is 0.163 e. The molecule has 5 nitrogen and oxygen atoms in total. The van der Waals surface area contributed by atoms with Crippen molar-refractivity contribution in [3.63, 3.8) is 0 Å². The lowest BCUT2D eigenvalue weighted by Gasteiger charge is -2.34. The van der Waals surface area contributed by atoms with E-state index in [-0.39, 0.29) is 12.2 Å². The second kappa shape index (κ2) is 4.97. The van der Waals surface area contributed by atoms with Crippen molar-refractivity contribution in [2.75, 3.05) is 13.2 Å². The van der Waals surface area contributed by atoms with Gasteiger partial charge in [-0.15, -0.1) is 0 Å². The van der Waals surface area contributed by atoms with Crippen molar-refractivity contribution < 1.29 is 24.1 Å². The highest BCUT2D eigenvalue weighted by molar-refractivity contribution is 4.93. The first kappa shape index (κ1) is 15.2. The third-order valence-corrected chi connectivity index (χ3v) is 3.87. The van der Waals surface area contributed by atoms with Gasteiger partial charge >= 0.3 is 0 Å². The Morgan fingerprint density at radius 2 is 1.63 bits per heavy atom. The minimum atomic E-state index is -0.942. The fourth-order valence-corrected chi connectivity index (χ4v) is 2.71. The molecule has 5 heteroatoms. The molecule has 0 aromatic heterocycles. The SMILES string of the molecule is CC[C@](O)(C[C@@H]1COC(C)(C)O1)[C@H]1COC(C)(C)O1. The molecule has 0 amide bonds. The van der Waals surface area contributed by atoms with Crippen LogP contribution in [0.1, 0.15) is 47.5 Å². The molecular formula is C14H26O5. The highest BCUT2D eigenvalue weighted by Gasteiger charge is 2.48. The lowest BCUT2D eigenvalue weighted by Crippen LogP contribution is -2.47. The van der Waals surface area contributed by atoms with Crippen LogP contribution in [0.15, 0.2) is 0 Å². The van der Waals surface area contributed by atoms with Crippen molar-refractivity contribution in [1.82, 2.24) is 0 Å². The molecule has 19 heavy (non-hydrogen) atoms. The zero-order valence-corrected chi connectivity index (χ0v) is 12.6. The van der Waals surface area contributed by atoms with Crippen LogP contribution in [0.2, 0.25) is 0 Å². The van der Waals surface area contributed by atoms with Gasteiger partial charge in [-0.1, -0.05) is 6.92 Å². The van der Waals surface area contributed by atoms with E-state index in [9.17, 15) is 5.11 Å². The van der Waals surface area contributed by atoms with E-state index in [1.54, 1.807) is 0 Å². The van der Waals surface area contributed by atoms with Gasteiger partial charge in [0.2, 0.25) is 0 Å². The Hall–Kier alpha value is -0.200. The van der Waals surface area contributed by atoms with Gasteiger partial charge in [-0.25, -0.2) is 0 Å². The minimum absolute atomic E-state index is 0.104. The summed E-state index contributed by atoms with van der Waals surface area (Å²) < 4.78 is 22.7. The molecule has 2 aliphatic rings. The molecule has 2 saturated heterocycles. The number of rotatable bonds is 4. The lowest BCUT2D eigenvalue weighted by molar-refractivity contribution is -0.183. The quantitative estimate of drug-likeness (QED) is 0.847. The molecular weight excluding hydrogens is 248 g/mol. The summed E-state index contributed by atoms with van der Waals surface area (Å²) in [6.45, 7) is 10.4. The van der Waals surface area contributed by atoms with Crippen molar-refractivity contribution in [2.45, 2.75) is 76.8 Å². The van der Waals surface area contributed by atoms with Gasteiger partial charge in [0.05, 0.1) is 24.9 Å². The molecule has 2 heterocycles. The molecule has 0 spiro atoms. The topological polar surface area (TPSA) is 57.2 Å². The zero-order valence-electron chi connectivity index (χ0n) is 12.6. The third kappa shape index (κ3) is 3.47. The summed E-state index contributed by atoms with van der Waals surface area (Å²) in [6, 6.07) is 0. The normalized spacial score (nSPS) is 36.3. The monoisotopic (exact) mass is 274 g/mol. The summed E-state index contributed by atoms with van der Waals surface area (Å²) in [7, 11) is 0. The third-order valence-electron chi connectivity index (χ3n) is 3.87. The van der Waals surface area contributed by atoms with Crippen LogP contribution in [0.4, 0.5) is 0 Å². The number of aliphatic hydroxyl groups is 1. The maximum atomic E-state index is 10.8. The molecule has 0 aromatic rings. The Morgan fingerprint density at radius 3 is 2.05 bits per heavy atom. The van der Waals surface area contributed by atoms with Crippen molar-refractivity contribution in [3.8, 4) is 0 Å². The molecule has 0 unspecified atom stereocenters. The van der Waals surface area contributed by atoms with Gasteiger partial charge in [0.15, 0.2) is 11.6 Å². The standard InChI is InChI=1S/C14H26O5/c1-6-14(15,11-9-17-13(4,5)19-11)7-10-8-16-12(2,3)18-10/h10-11,15H,6-9H2,1-5H3/t10-,11-,14+/m1/s1. The minimum Gasteiger partial charge on any atom is -0.387 e. The predicted molar refractivity (Wildman–Crippen MR) is 69.7 cm³/mol. The Kier molecular flexibility index (Phi) is 3.97. The Labute approximate surface area is 115 Å². The number of hydrogen-bond donors (Lipinski definition) is 1. The molecule has 2 aliphatic heterocycles. The molecule has 0 radical (unpaired) electrons. The fourth-order valence-electron chi connectivity index (χ4n) is 2.71. The van der Waals surface area contributed by atoms with Crippen LogP contribution in [0.5, 0.6) is 0 Å². The summed E-state index contributed by atoms with van der Waals surface area (Å²) >= 11 is 0. The van der Waals surface area contributed by atoms with Gasteiger partial charge in [0.25, 0.3) is 0 Å². The van der Waals surface area contributed by atoms with E-state index in [1.807, 2.05) is 34.6 Å². The van der Waals surface area contributed by atoms with E-state index < -0.39 is 17.2 Å². The van der Waals surface area contributed by atoms with Gasteiger partial charge in [-0.2, -0.15) is 0 Å². The van der Waals surface area contributed by atoms with E-state index in [2.05, 4.69) is 0 Å². The second-order valence-corrected chi connectivity index (χ2v) is 6.43. The number of ether oxygens (including phenoxy) is 4. The van der Waals surface area contributed by atoms with E-state index in [1.165, 1.54) is 0 Å². The molecule has 0 bridgehead atoms. The summed E-state index contributed by atoms with van der Waals surface area (Å²) in [5.41, 5.74) is -0.942. The fraction of sp³-hybridized carbons (Fsp3) is 1.00. The van der Waals surface area contributed by atoms with Crippen molar-refractivity contribution in [2.24, 2.45) is 0 Å². The van der Waals surface area contributed by atoms with Gasteiger partial charge in [0.1, 0.15) is 6.10 Å². The van der Waals surface area contributed by atoms with Crippen LogP contribution < -0.4 is 0 Å². The van der Waals surface area contributed by atoms with Crippen molar-refractivity contribution in [3.05, 3.63) is 0 Å². The van der Waals surface area contributed by atoms with Crippen LogP contribution in [0, 0.1) is 0 Å². The van der Waals surface area contributed by atoms with Gasteiger partial charge in [-0.05, 0) is 34.1 Å². The molecule has 1 N–H and O–H groups in total. The maximum absolute atomic E-state index is 10.8. The molecule has 2 fully saturated rings. The highest BCUT2D eigenvalue weighted by Crippen LogP contribution is 2.36. The summed E-state index contributed by atoms with van der Waals surface area (Å²) in [5.74, 6) is -1.19. The molecule has 2 rings (SSSR count). The van der Waals surface area contributed by atoms with Crippen LogP contribution in [-0.4, -0.2) is 47.7 Å². The molecule has 112 valence electrons. The Bertz CT molecular complexity index is 328. The lowest BCUT2D eigenvalue weighted by atomic mass is 9.88. The smallest absolute Gasteiger partial charge is 0.163 e. The van der Waals surface area contributed by atoms with Gasteiger partial charge in [-0.3, -0.25) is 0 Å². The first-order valence-electron chi connectivity index (χ1n) is 7.02. The van der Waals surface area contributed by atoms with Gasteiger partial charge in [0, 0.05) is 6.42 Å². The highest BCUT2D eigenvalue weighted by atomic mass is 16.8. The van der Waals surface area contributed by atoms with E-state index >= 15 is 0 Å². The van der Waals surface area contributed by atoms with E-state index in [0.717, 1.165) is 0 Å². The molecule has 0 saturated carbocycles. The van der Waals surface area contributed by atoms with E-state index in [4.69, 9.17) is 18.9 Å². The number of hydrogen-bond acceptors (Lipinski definition) is 5. The first-order chi connectivity index (χ1) is 8.66. The van der Waals surface area contributed by atoms with Gasteiger partial charge < -0.3 is 24.1 Å². The van der Waals surface area contributed by atoms with Crippen LogP contribution in [-0.2, 0) is 18.9 Å². The van der Waals surface area contributed by atoms with Crippen LogP contribution >= 0.6 is 0 Å². The van der Waals surface area contributed by atoms with Crippen LogP contribution in [0.3, 0.4) is 0 Å². The molecule has 0 aromatic carbocycles. The largest absolute Gasteiger partial charge is 0.387 e. The average molecular weight is 274 g/mol. The Balaban J connectivity index is 1.99. The average Bonchev–Trinajstić information content (AvgIpc) is 2.81. The summed E-state index contributed by atoms with van der Waals surface area (Å²) in [4.78, 5) is 0. The molecule has 3 atom stereocenters. The van der Waals surface area contributed by atoms with Crippen molar-refractivity contribution in [1.29, 1.82) is 0 Å².